The molecule has 0 radical (unpaired) electrons. The molecule has 0 bridgehead atoms. The molecule has 20 heteroatoms. The second-order valence-electron chi connectivity index (χ2n) is 13.9. The van der Waals surface area contributed by atoms with Crippen LogP contribution in [-0.2, 0) is 27.2 Å². The number of piperazine rings is 1. The topological polar surface area (TPSA) is 190 Å². The first-order chi connectivity index (χ1) is 27.7. The van der Waals surface area contributed by atoms with Gasteiger partial charge in [-0.3, -0.25) is 9.51 Å². The maximum Gasteiger partial charge on any atom is 0.469 e. The van der Waals surface area contributed by atoms with Crippen LogP contribution in [0, 0.1) is 5.82 Å². The molecule has 16 nitrogen and oxygen atoms in total. The maximum absolute atomic E-state index is 16.2. The van der Waals surface area contributed by atoms with E-state index in [4.69, 9.17) is 4.52 Å². The summed E-state index contributed by atoms with van der Waals surface area (Å²) in [5.41, 5.74) is -1.07. The fourth-order valence-electron chi connectivity index (χ4n) is 7.22. The quantitative estimate of drug-likeness (QED) is 0.129. The van der Waals surface area contributed by atoms with Crippen LogP contribution in [0.2, 0.25) is 0 Å². The highest BCUT2D eigenvalue weighted by atomic mass is 31.2. The van der Waals surface area contributed by atoms with Crippen LogP contribution in [0.25, 0.3) is 16.8 Å². The molecule has 1 aliphatic rings. The first-order valence-electron chi connectivity index (χ1n) is 18.3. The first kappa shape index (κ1) is 40.5. The Labute approximate surface area is 330 Å². The average Bonchev–Trinajstić information content (AvgIpc) is 3.87. The van der Waals surface area contributed by atoms with Gasteiger partial charge in [0.1, 0.15) is 24.2 Å². The smallest absolute Gasteiger partial charge is 0.377 e. The number of halogens is 3. The molecular formula is C38H40F3N10O6P. The zero-order valence-electron chi connectivity index (χ0n) is 31.3. The lowest BCUT2D eigenvalue weighted by Crippen LogP contribution is -2.48. The molecule has 3 unspecified atom stereocenters. The second-order valence-corrected chi connectivity index (χ2v) is 15.1. The van der Waals surface area contributed by atoms with Gasteiger partial charge < -0.3 is 24.7 Å². The van der Waals surface area contributed by atoms with E-state index >= 15 is 8.78 Å². The molecule has 3 atom stereocenters. The minimum absolute atomic E-state index is 0.363. The van der Waals surface area contributed by atoms with E-state index in [1.165, 1.54) is 46.9 Å². The molecule has 0 amide bonds. The Morgan fingerprint density at radius 2 is 1.47 bits per heavy atom. The van der Waals surface area contributed by atoms with E-state index in [0.717, 1.165) is 72.3 Å². The highest BCUT2D eigenvalue weighted by Gasteiger charge is 2.57. The van der Waals surface area contributed by atoms with Gasteiger partial charge in [-0.1, -0.05) is 43.3 Å². The Balaban J connectivity index is 0.985. The number of hydrogen-bond donors (Lipinski definition) is 3. The molecule has 7 rings (SSSR count). The van der Waals surface area contributed by atoms with E-state index in [9.17, 15) is 28.6 Å². The SMILES string of the molecule is CCC(C(C)OP(=O)(O)O)n1ncn(-c2ccc(N3CCN(c4ccc(-c5ccc(C(F)(F)C(O)(Cn6cnnn6)c6ccccc6F)nc5)cc4)CC3)cc2)c1=O. The molecule has 304 valence electrons. The van der Waals surface area contributed by atoms with Crippen LogP contribution in [0.4, 0.5) is 24.5 Å². The van der Waals surface area contributed by atoms with E-state index in [0.29, 0.717) is 17.7 Å². The van der Waals surface area contributed by atoms with Crippen LogP contribution in [0.1, 0.15) is 37.6 Å². The molecule has 4 heterocycles. The summed E-state index contributed by atoms with van der Waals surface area (Å²) in [5, 5.41) is 26.1. The summed E-state index contributed by atoms with van der Waals surface area (Å²) in [6.07, 6.45) is 3.12. The van der Waals surface area contributed by atoms with Crippen LogP contribution in [-0.4, -0.2) is 86.7 Å². The number of aliphatic hydroxyl groups is 1. The van der Waals surface area contributed by atoms with Gasteiger partial charge in [-0.25, -0.2) is 27.7 Å². The minimum Gasteiger partial charge on any atom is -0.377 e. The third kappa shape index (κ3) is 8.17. The van der Waals surface area contributed by atoms with E-state index < -0.39 is 60.8 Å². The highest BCUT2D eigenvalue weighted by Crippen LogP contribution is 2.47. The number of benzene rings is 3. The molecule has 0 saturated carbocycles. The highest BCUT2D eigenvalue weighted by molar-refractivity contribution is 7.46. The normalized spacial score (nSPS) is 15.9. The summed E-state index contributed by atoms with van der Waals surface area (Å²) in [5.74, 6) is -5.06. The molecule has 0 aliphatic carbocycles. The minimum atomic E-state index is -4.75. The zero-order valence-corrected chi connectivity index (χ0v) is 32.2. The monoisotopic (exact) mass is 820 g/mol. The van der Waals surface area contributed by atoms with Gasteiger partial charge >= 0.3 is 19.4 Å². The number of anilines is 2. The van der Waals surface area contributed by atoms with Gasteiger partial charge in [0.15, 0.2) is 5.60 Å². The molecule has 6 aromatic rings. The second kappa shape index (κ2) is 16.3. The van der Waals surface area contributed by atoms with Crippen molar-refractivity contribution in [1.82, 2.24) is 39.5 Å². The van der Waals surface area contributed by atoms with Crippen molar-refractivity contribution in [3.8, 4) is 16.8 Å². The number of hydrogen-bond acceptors (Lipinski definition) is 11. The third-order valence-corrected chi connectivity index (χ3v) is 10.9. The fraction of sp³-hybridized carbons (Fsp3) is 0.316. The molecule has 1 aliphatic heterocycles. The number of pyridine rings is 1. The van der Waals surface area contributed by atoms with Gasteiger partial charge in [0.2, 0.25) is 0 Å². The summed E-state index contributed by atoms with van der Waals surface area (Å²) in [7, 11) is -4.75. The predicted octanol–water partition coefficient (Wildman–Crippen LogP) is 4.68. The number of rotatable bonds is 14. The first-order valence-corrected chi connectivity index (χ1v) is 19.8. The zero-order chi connectivity index (χ0) is 41.2. The Hall–Kier alpha value is -5.72. The summed E-state index contributed by atoms with van der Waals surface area (Å²) in [6.45, 7) is 5.32. The molecule has 1 saturated heterocycles. The van der Waals surface area contributed by atoms with Gasteiger partial charge in [0.05, 0.1) is 24.4 Å². The molecular weight excluding hydrogens is 780 g/mol. The van der Waals surface area contributed by atoms with Crippen molar-refractivity contribution in [2.24, 2.45) is 0 Å². The van der Waals surface area contributed by atoms with E-state index in [1.54, 1.807) is 6.92 Å². The molecule has 3 N–H and O–H groups in total. The lowest BCUT2D eigenvalue weighted by Gasteiger charge is -2.37. The Bertz CT molecular complexity index is 2420. The lowest BCUT2D eigenvalue weighted by atomic mass is 9.84. The molecule has 58 heavy (non-hydrogen) atoms. The van der Waals surface area contributed by atoms with Crippen molar-refractivity contribution in [2.75, 3.05) is 36.0 Å². The number of aromatic nitrogens is 8. The summed E-state index contributed by atoms with van der Waals surface area (Å²) < 4.78 is 66.8. The lowest BCUT2D eigenvalue weighted by molar-refractivity contribution is -0.207. The number of phosphoric acid groups is 1. The average molecular weight is 821 g/mol. The van der Waals surface area contributed by atoms with E-state index in [1.807, 2.05) is 48.5 Å². The van der Waals surface area contributed by atoms with Crippen LogP contribution >= 0.6 is 7.82 Å². The van der Waals surface area contributed by atoms with Gasteiger partial charge in [-0.2, -0.15) is 13.9 Å². The van der Waals surface area contributed by atoms with Crippen LogP contribution in [0.15, 0.2) is 109 Å². The van der Waals surface area contributed by atoms with Crippen molar-refractivity contribution >= 4 is 19.2 Å². The Morgan fingerprint density at radius 3 is 2.02 bits per heavy atom. The Morgan fingerprint density at radius 1 is 0.862 bits per heavy atom. The van der Waals surface area contributed by atoms with Gasteiger partial charge in [-0.15, -0.1) is 5.10 Å². The fourth-order valence-corrected chi connectivity index (χ4v) is 7.80. The van der Waals surface area contributed by atoms with E-state index in [2.05, 4.69) is 35.4 Å². The Kier molecular flexibility index (Phi) is 11.3. The molecule has 3 aromatic carbocycles. The van der Waals surface area contributed by atoms with Gasteiger partial charge in [0, 0.05) is 54.9 Å². The third-order valence-electron chi connectivity index (χ3n) is 10.3. The largest absolute Gasteiger partial charge is 0.469 e. The van der Waals surface area contributed by atoms with Crippen LogP contribution < -0.4 is 15.5 Å². The van der Waals surface area contributed by atoms with Crippen molar-refractivity contribution in [1.29, 1.82) is 0 Å². The molecule has 0 spiro atoms. The number of nitrogens with zero attached hydrogens (tertiary/aromatic N) is 10. The van der Waals surface area contributed by atoms with E-state index in [-0.39, 0.29) is 0 Å². The molecule has 1 fully saturated rings. The van der Waals surface area contributed by atoms with Crippen molar-refractivity contribution in [2.45, 2.75) is 50.5 Å². The summed E-state index contributed by atoms with van der Waals surface area (Å²) in [4.78, 5) is 40.1. The molecule has 3 aromatic heterocycles. The number of phosphoric ester groups is 1. The van der Waals surface area contributed by atoms with Crippen LogP contribution in [0.5, 0.6) is 0 Å². The summed E-state index contributed by atoms with van der Waals surface area (Å²) in [6, 6.07) is 21.8. The number of alkyl halides is 2. The standard InChI is InChI=1S/C38H40F3N10O6P/c1-3-34(26(2)57-58(54,55)56)51-36(52)50(25-44-51)31-15-13-30(14-16-31)48-20-18-47(19-21-48)29-11-8-27(9-12-29)28-10-17-35(42-22-28)38(40,41)37(53,23-49-24-43-45-46-49)32-6-4-5-7-33(32)39/h4-17,22,24-26,34,53H,3,18-21,23H2,1-2H3,(H2,54,55,56). The van der Waals surface area contributed by atoms with Gasteiger partial charge in [0.25, 0.3) is 0 Å². The maximum atomic E-state index is 16.2. The summed E-state index contributed by atoms with van der Waals surface area (Å²) >= 11 is 0. The number of tetrazole rings is 1. The van der Waals surface area contributed by atoms with Crippen molar-refractivity contribution in [3.05, 3.63) is 131 Å². The van der Waals surface area contributed by atoms with Crippen molar-refractivity contribution < 1.29 is 37.2 Å². The van der Waals surface area contributed by atoms with Gasteiger partial charge in [-0.05, 0) is 77.9 Å². The van der Waals surface area contributed by atoms with Crippen molar-refractivity contribution in [3.63, 3.8) is 0 Å². The van der Waals surface area contributed by atoms with Crippen LogP contribution in [0.3, 0.4) is 0 Å². The predicted molar refractivity (Wildman–Crippen MR) is 206 cm³/mol.